The number of hydrogen-bond donors (Lipinski definition) is 0. The van der Waals surface area contributed by atoms with Crippen LogP contribution in [0.25, 0.3) is 0 Å². The van der Waals surface area contributed by atoms with Crippen molar-refractivity contribution in [1.29, 1.82) is 0 Å². The number of hydrogen-bond acceptors (Lipinski definition) is 5. The minimum Gasteiger partial charge on any atom is -0.452 e. The summed E-state index contributed by atoms with van der Waals surface area (Å²) >= 11 is 0. The number of nitro groups is 1. The average Bonchev–Trinajstić information content (AvgIpc) is 2.76. The number of ether oxygens (including phenoxy) is 1. The molecule has 0 N–H and O–H groups in total. The highest BCUT2D eigenvalue weighted by molar-refractivity contribution is 5.97. The maximum atomic E-state index is 12.9. The highest BCUT2D eigenvalue weighted by Gasteiger charge is 2.19. The number of esters is 1. The molecule has 1 amide bonds. The molecular weight excluding hydrogens is 384 g/mol. The molecule has 0 bridgehead atoms. The number of rotatable bonds is 7. The lowest BCUT2D eigenvalue weighted by Gasteiger charge is -2.23. The topological polar surface area (TPSA) is 89.8 Å². The lowest BCUT2D eigenvalue weighted by atomic mass is 10.1. The van der Waals surface area contributed by atoms with Crippen molar-refractivity contribution in [2.75, 3.05) is 11.5 Å². The van der Waals surface area contributed by atoms with Gasteiger partial charge < -0.3 is 9.64 Å². The first kappa shape index (κ1) is 20.7. The first-order valence-electron chi connectivity index (χ1n) is 9.26. The number of anilines is 1. The average molecular weight is 404 g/mol. The molecule has 3 rings (SSSR count). The molecular formula is C23H20N2O5. The van der Waals surface area contributed by atoms with E-state index < -0.39 is 17.5 Å². The van der Waals surface area contributed by atoms with Crippen molar-refractivity contribution in [2.24, 2.45) is 0 Å². The van der Waals surface area contributed by atoms with E-state index in [0.29, 0.717) is 12.2 Å². The number of aryl methyl sites for hydroxylation is 1. The van der Waals surface area contributed by atoms with Gasteiger partial charge in [-0.3, -0.25) is 14.9 Å². The van der Waals surface area contributed by atoms with E-state index in [0.717, 1.165) is 11.1 Å². The molecule has 3 aromatic carbocycles. The van der Waals surface area contributed by atoms with Gasteiger partial charge in [-0.15, -0.1) is 0 Å². The van der Waals surface area contributed by atoms with E-state index in [1.165, 1.54) is 24.3 Å². The van der Waals surface area contributed by atoms with Gasteiger partial charge in [0.15, 0.2) is 6.61 Å². The van der Waals surface area contributed by atoms with Crippen LogP contribution in [0.15, 0.2) is 78.9 Å². The van der Waals surface area contributed by atoms with Crippen LogP contribution < -0.4 is 4.90 Å². The second-order valence-corrected chi connectivity index (χ2v) is 6.68. The number of non-ortho nitro benzene ring substituents is 1. The third kappa shape index (κ3) is 5.29. The van der Waals surface area contributed by atoms with Crippen LogP contribution in [-0.4, -0.2) is 23.4 Å². The summed E-state index contributed by atoms with van der Waals surface area (Å²) in [6.45, 7) is 1.82. The number of benzene rings is 3. The molecule has 0 heterocycles. The van der Waals surface area contributed by atoms with Crippen LogP contribution in [-0.2, 0) is 16.1 Å². The lowest BCUT2D eigenvalue weighted by Crippen LogP contribution is -2.34. The third-order valence-electron chi connectivity index (χ3n) is 4.44. The molecule has 30 heavy (non-hydrogen) atoms. The Kier molecular flexibility index (Phi) is 6.54. The SMILES string of the molecule is Cc1cccc(N(Cc2ccccc2)C(=O)COC(=O)c2ccc([N+](=O)[O-])cc2)c1. The Hall–Kier alpha value is -4.00. The smallest absolute Gasteiger partial charge is 0.338 e. The number of amides is 1. The molecule has 3 aromatic rings. The summed E-state index contributed by atoms with van der Waals surface area (Å²) in [7, 11) is 0. The first-order chi connectivity index (χ1) is 14.4. The van der Waals surface area contributed by atoms with E-state index in [1.807, 2.05) is 61.5 Å². The fourth-order valence-corrected chi connectivity index (χ4v) is 2.89. The summed E-state index contributed by atoms with van der Waals surface area (Å²) in [6.07, 6.45) is 0. The van der Waals surface area contributed by atoms with Crippen molar-refractivity contribution in [3.8, 4) is 0 Å². The standard InChI is InChI=1S/C23H20N2O5/c1-17-6-5-9-21(14-17)24(15-18-7-3-2-4-8-18)22(26)16-30-23(27)19-10-12-20(13-11-19)25(28)29/h2-14H,15-16H2,1H3. The molecule has 0 saturated carbocycles. The molecule has 0 unspecified atom stereocenters. The largest absolute Gasteiger partial charge is 0.452 e. The monoisotopic (exact) mass is 404 g/mol. The fourth-order valence-electron chi connectivity index (χ4n) is 2.89. The van der Waals surface area contributed by atoms with Crippen molar-refractivity contribution in [3.05, 3.63) is 106 Å². The Morgan fingerprint density at radius 2 is 1.67 bits per heavy atom. The summed E-state index contributed by atoms with van der Waals surface area (Å²) in [5, 5.41) is 10.7. The second kappa shape index (κ2) is 9.47. The van der Waals surface area contributed by atoms with Gasteiger partial charge in [0.1, 0.15) is 0 Å². The van der Waals surface area contributed by atoms with Crippen LogP contribution in [0.3, 0.4) is 0 Å². The zero-order valence-corrected chi connectivity index (χ0v) is 16.4. The normalized spacial score (nSPS) is 10.3. The molecule has 0 aliphatic carbocycles. The van der Waals surface area contributed by atoms with Gasteiger partial charge >= 0.3 is 5.97 Å². The maximum Gasteiger partial charge on any atom is 0.338 e. The van der Waals surface area contributed by atoms with Gasteiger partial charge in [0.05, 0.1) is 17.0 Å². The molecule has 7 heteroatoms. The van der Waals surface area contributed by atoms with Crippen LogP contribution in [0.1, 0.15) is 21.5 Å². The van der Waals surface area contributed by atoms with Gasteiger partial charge in [-0.25, -0.2) is 4.79 Å². The van der Waals surface area contributed by atoms with Crippen LogP contribution in [0.2, 0.25) is 0 Å². The predicted molar refractivity (Wildman–Crippen MR) is 112 cm³/mol. The number of nitrogens with zero attached hydrogens (tertiary/aromatic N) is 2. The zero-order valence-electron chi connectivity index (χ0n) is 16.4. The van der Waals surface area contributed by atoms with Gasteiger partial charge in [-0.1, -0.05) is 42.5 Å². The van der Waals surface area contributed by atoms with E-state index in [-0.39, 0.29) is 17.2 Å². The van der Waals surface area contributed by atoms with E-state index >= 15 is 0 Å². The van der Waals surface area contributed by atoms with Gasteiger partial charge in [0.25, 0.3) is 11.6 Å². The van der Waals surface area contributed by atoms with Crippen molar-refractivity contribution in [2.45, 2.75) is 13.5 Å². The highest BCUT2D eigenvalue weighted by atomic mass is 16.6. The molecule has 7 nitrogen and oxygen atoms in total. The molecule has 0 aromatic heterocycles. The summed E-state index contributed by atoms with van der Waals surface area (Å²) < 4.78 is 5.16. The van der Waals surface area contributed by atoms with Gasteiger partial charge in [-0.2, -0.15) is 0 Å². The number of carbonyl (C=O) groups is 2. The molecule has 152 valence electrons. The second-order valence-electron chi connectivity index (χ2n) is 6.68. The van der Waals surface area contributed by atoms with Crippen LogP contribution in [0, 0.1) is 17.0 Å². The van der Waals surface area contributed by atoms with Crippen molar-refractivity contribution < 1.29 is 19.2 Å². The highest BCUT2D eigenvalue weighted by Crippen LogP contribution is 2.20. The number of nitro benzene ring substituents is 1. The Bertz CT molecular complexity index is 1050. The zero-order chi connectivity index (χ0) is 21.5. The summed E-state index contributed by atoms with van der Waals surface area (Å²) in [6, 6.07) is 22.0. The van der Waals surface area contributed by atoms with E-state index in [1.54, 1.807) is 4.90 Å². The van der Waals surface area contributed by atoms with E-state index in [4.69, 9.17) is 4.74 Å². The maximum absolute atomic E-state index is 12.9. The Morgan fingerprint density at radius 1 is 0.967 bits per heavy atom. The summed E-state index contributed by atoms with van der Waals surface area (Å²) in [5.74, 6) is -1.10. The van der Waals surface area contributed by atoms with Gasteiger partial charge in [-0.05, 0) is 42.3 Å². The van der Waals surface area contributed by atoms with Crippen molar-refractivity contribution in [1.82, 2.24) is 0 Å². The van der Waals surface area contributed by atoms with Crippen LogP contribution in [0.5, 0.6) is 0 Å². The minimum absolute atomic E-state index is 0.129. The molecule has 0 aliphatic heterocycles. The molecule has 0 radical (unpaired) electrons. The molecule has 0 spiro atoms. The van der Waals surface area contributed by atoms with Gasteiger partial charge in [0.2, 0.25) is 0 Å². The van der Waals surface area contributed by atoms with Crippen molar-refractivity contribution >= 4 is 23.3 Å². The van der Waals surface area contributed by atoms with Crippen molar-refractivity contribution in [3.63, 3.8) is 0 Å². The third-order valence-corrected chi connectivity index (χ3v) is 4.44. The predicted octanol–water partition coefficient (Wildman–Crippen LogP) is 4.29. The number of carbonyl (C=O) groups excluding carboxylic acids is 2. The van der Waals surface area contributed by atoms with Crippen LogP contribution >= 0.6 is 0 Å². The van der Waals surface area contributed by atoms with Crippen LogP contribution in [0.4, 0.5) is 11.4 Å². The Balaban J connectivity index is 1.72. The first-order valence-corrected chi connectivity index (χ1v) is 9.26. The van der Waals surface area contributed by atoms with E-state index in [2.05, 4.69) is 0 Å². The van der Waals surface area contributed by atoms with Gasteiger partial charge in [0, 0.05) is 17.8 Å². The minimum atomic E-state index is -0.720. The Labute approximate surface area is 173 Å². The Morgan fingerprint density at radius 3 is 2.30 bits per heavy atom. The summed E-state index contributed by atoms with van der Waals surface area (Å²) in [5.41, 5.74) is 2.65. The molecule has 0 fully saturated rings. The molecule has 0 atom stereocenters. The quantitative estimate of drug-likeness (QED) is 0.333. The molecule has 0 aliphatic rings. The fraction of sp³-hybridized carbons (Fsp3) is 0.130. The summed E-state index contributed by atoms with van der Waals surface area (Å²) in [4.78, 5) is 36.9. The lowest BCUT2D eigenvalue weighted by molar-refractivity contribution is -0.384. The molecule has 0 saturated heterocycles. The van der Waals surface area contributed by atoms with E-state index in [9.17, 15) is 19.7 Å².